The molecule has 14 nitrogen and oxygen atoms in total. The minimum absolute atomic E-state index is 0.0645. The number of nitrogens with zero attached hydrogens (tertiary/aromatic N) is 8. The van der Waals surface area contributed by atoms with Gasteiger partial charge >= 0.3 is 0 Å². The van der Waals surface area contributed by atoms with Crippen LogP contribution in [0.25, 0.3) is 23.3 Å². The van der Waals surface area contributed by atoms with E-state index in [0.29, 0.717) is 34.3 Å². The quantitative estimate of drug-likeness (QED) is 0.215. The summed E-state index contributed by atoms with van der Waals surface area (Å²) in [7, 11) is 0. The average Bonchev–Trinajstić information content (AvgIpc) is 3.74. The third-order valence-electron chi connectivity index (χ3n) is 6.98. The molecular formula is C34H45ClN12O2. The molecule has 49 heavy (non-hydrogen) atoms. The van der Waals surface area contributed by atoms with Crippen LogP contribution < -0.4 is 21.7 Å². The molecule has 0 aromatic carbocycles. The maximum absolute atomic E-state index is 12.0. The molecule has 2 amide bonds. The van der Waals surface area contributed by atoms with Crippen molar-refractivity contribution in [2.45, 2.75) is 91.1 Å². The molecule has 0 fully saturated rings. The number of nitrogens with two attached hydrogens (primary N) is 1. The first kappa shape index (κ1) is 37.1. The number of hydrogen-bond donors (Lipinski definition) is 4. The molecule has 0 saturated heterocycles. The van der Waals surface area contributed by atoms with Crippen molar-refractivity contribution < 1.29 is 9.59 Å². The van der Waals surface area contributed by atoms with E-state index in [1.54, 1.807) is 36.9 Å². The van der Waals surface area contributed by atoms with E-state index in [4.69, 9.17) is 17.3 Å². The number of rotatable bonds is 6. The van der Waals surface area contributed by atoms with E-state index in [9.17, 15) is 9.59 Å². The summed E-state index contributed by atoms with van der Waals surface area (Å²) < 4.78 is 0. The molecule has 0 aliphatic heterocycles. The first-order valence-corrected chi connectivity index (χ1v) is 16.7. The van der Waals surface area contributed by atoms with Crippen molar-refractivity contribution in [3.63, 3.8) is 0 Å². The average molecular weight is 689 g/mol. The molecule has 0 saturated carbocycles. The SMILES string of the molecule is CC(C)(C)NC(=O)CN.CC(C)(C)NC(=O)CNc1nc(-c2ncccn2)nc2c1CCC2.Clc1nc(-c2ncccn2)nc2c1CCC2. The molecule has 2 aliphatic carbocycles. The molecule has 5 N–H and O–H groups in total. The number of carbonyl (C=O) groups is 2. The summed E-state index contributed by atoms with van der Waals surface area (Å²) in [6, 6.07) is 3.52. The number of amides is 2. The van der Waals surface area contributed by atoms with Gasteiger partial charge in [0.05, 0.1) is 13.1 Å². The minimum atomic E-state index is -0.255. The number of halogens is 1. The van der Waals surface area contributed by atoms with E-state index >= 15 is 0 Å². The highest BCUT2D eigenvalue weighted by molar-refractivity contribution is 6.30. The van der Waals surface area contributed by atoms with Gasteiger partial charge in [-0.3, -0.25) is 9.59 Å². The molecule has 0 atom stereocenters. The molecule has 0 unspecified atom stereocenters. The molecule has 260 valence electrons. The second kappa shape index (κ2) is 16.6. The van der Waals surface area contributed by atoms with Crippen molar-refractivity contribution in [3.05, 3.63) is 64.6 Å². The monoisotopic (exact) mass is 688 g/mol. The Labute approximate surface area is 292 Å². The number of hydrogen-bond acceptors (Lipinski definition) is 12. The van der Waals surface area contributed by atoms with Crippen LogP contribution in [0.15, 0.2) is 36.9 Å². The van der Waals surface area contributed by atoms with Crippen LogP contribution in [0.1, 0.15) is 76.9 Å². The highest BCUT2D eigenvalue weighted by Crippen LogP contribution is 2.29. The zero-order chi connectivity index (χ0) is 35.6. The van der Waals surface area contributed by atoms with Gasteiger partial charge in [0, 0.05) is 58.4 Å². The van der Waals surface area contributed by atoms with Crippen LogP contribution in [-0.4, -0.2) is 75.9 Å². The van der Waals surface area contributed by atoms with E-state index in [1.165, 1.54) is 0 Å². The number of aromatic nitrogens is 8. The second-order valence-electron chi connectivity index (χ2n) is 13.6. The maximum atomic E-state index is 12.0. The molecule has 0 spiro atoms. The lowest BCUT2D eigenvalue weighted by molar-refractivity contribution is -0.121. The Hall–Kier alpha value is -4.69. The van der Waals surface area contributed by atoms with Crippen LogP contribution in [0, 0.1) is 0 Å². The van der Waals surface area contributed by atoms with Gasteiger partial charge in [0.25, 0.3) is 0 Å². The van der Waals surface area contributed by atoms with E-state index in [2.05, 4.69) is 55.8 Å². The zero-order valence-electron chi connectivity index (χ0n) is 29.0. The van der Waals surface area contributed by atoms with Crippen molar-refractivity contribution >= 4 is 29.2 Å². The van der Waals surface area contributed by atoms with E-state index < -0.39 is 0 Å². The molecule has 4 aromatic heterocycles. The summed E-state index contributed by atoms with van der Waals surface area (Å²) in [5, 5.41) is 9.34. The fourth-order valence-electron chi connectivity index (χ4n) is 5.09. The Morgan fingerprint density at radius 3 is 1.63 bits per heavy atom. The van der Waals surface area contributed by atoms with Gasteiger partial charge in [0.2, 0.25) is 11.8 Å². The lowest BCUT2D eigenvalue weighted by Gasteiger charge is -2.21. The van der Waals surface area contributed by atoms with Gasteiger partial charge < -0.3 is 21.7 Å². The van der Waals surface area contributed by atoms with Gasteiger partial charge in [-0.2, -0.15) is 0 Å². The van der Waals surface area contributed by atoms with Crippen molar-refractivity contribution in [2.24, 2.45) is 5.73 Å². The zero-order valence-corrected chi connectivity index (χ0v) is 29.7. The van der Waals surface area contributed by atoms with Crippen LogP contribution in [-0.2, 0) is 35.3 Å². The predicted molar refractivity (Wildman–Crippen MR) is 189 cm³/mol. The van der Waals surface area contributed by atoms with Gasteiger partial charge in [-0.05, 0) is 92.2 Å². The lowest BCUT2D eigenvalue weighted by Crippen LogP contribution is -2.43. The van der Waals surface area contributed by atoms with Gasteiger partial charge in [-0.15, -0.1) is 0 Å². The summed E-state index contributed by atoms with van der Waals surface area (Å²) in [5.74, 6) is 2.58. The molecule has 4 aromatic rings. The van der Waals surface area contributed by atoms with E-state index in [1.807, 2.05) is 41.5 Å². The Kier molecular flexibility index (Phi) is 12.6. The van der Waals surface area contributed by atoms with Crippen LogP contribution in [0.2, 0.25) is 5.15 Å². The van der Waals surface area contributed by atoms with Crippen molar-refractivity contribution in [1.29, 1.82) is 0 Å². The fraction of sp³-hybridized carbons (Fsp3) is 0.471. The third kappa shape index (κ3) is 11.5. The maximum Gasteiger partial charge on any atom is 0.239 e. The van der Waals surface area contributed by atoms with Gasteiger partial charge in [0.15, 0.2) is 23.3 Å². The topological polar surface area (TPSA) is 199 Å². The molecule has 0 radical (unpaired) electrons. The summed E-state index contributed by atoms with van der Waals surface area (Å²) in [5.41, 5.74) is 8.90. The normalized spacial score (nSPS) is 13.1. The molecule has 15 heteroatoms. The third-order valence-corrected chi connectivity index (χ3v) is 7.29. The Balaban J connectivity index is 0.000000186. The first-order chi connectivity index (χ1) is 23.2. The summed E-state index contributed by atoms with van der Waals surface area (Å²) in [6.07, 6.45) is 12.6. The molecule has 0 bridgehead atoms. The summed E-state index contributed by atoms with van der Waals surface area (Å²) in [4.78, 5) is 57.2. The Bertz CT molecular complexity index is 1730. The van der Waals surface area contributed by atoms with Crippen LogP contribution in [0.3, 0.4) is 0 Å². The molecular weight excluding hydrogens is 644 g/mol. The highest BCUT2D eigenvalue weighted by Gasteiger charge is 2.22. The first-order valence-electron chi connectivity index (χ1n) is 16.3. The van der Waals surface area contributed by atoms with Crippen molar-refractivity contribution in [1.82, 2.24) is 50.5 Å². The predicted octanol–water partition coefficient (Wildman–Crippen LogP) is 3.68. The van der Waals surface area contributed by atoms with Crippen molar-refractivity contribution in [3.8, 4) is 23.3 Å². The standard InChI is InChI=1S/C17H22N6O.C11H9ClN4.C6H14N2O/c1-17(2,3)23-13(24)10-20-14-11-6-4-7-12(11)21-16(22-14)15-18-8-5-9-19-15;12-9-7-3-1-4-8(7)15-11(16-9)10-13-5-2-6-14-10;1-6(2,3)8-5(9)4-7/h5,8-9H,4,6-7,10H2,1-3H3,(H,23,24)(H,20,21,22);2,5-6H,1,3-4H2;4,7H2,1-3H3,(H,8,9). The number of carbonyl (C=O) groups excluding carboxylic acids is 2. The van der Waals surface area contributed by atoms with Gasteiger partial charge in [-0.1, -0.05) is 11.6 Å². The highest BCUT2D eigenvalue weighted by atomic mass is 35.5. The smallest absolute Gasteiger partial charge is 0.239 e. The minimum Gasteiger partial charge on any atom is -0.361 e. The van der Waals surface area contributed by atoms with Crippen LogP contribution in [0.4, 0.5) is 5.82 Å². The number of fused-ring (bicyclic) bond motifs is 2. The number of nitrogens with one attached hydrogen (secondary N) is 3. The second-order valence-corrected chi connectivity index (χ2v) is 13.9. The summed E-state index contributed by atoms with van der Waals surface area (Å²) in [6.45, 7) is 11.9. The molecule has 4 heterocycles. The van der Waals surface area contributed by atoms with Crippen LogP contribution >= 0.6 is 11.6 Å². The lowest BCUT2D eigenvalue weighted by atomic mass is 10.1. The van der Waals surface area contributed by atoms with Gasteiger partial charge in [-0.25, -0.2) is 39.9 Å². The largest absolute Gasteiger partial charge is 0.361 e. The molecule has 2 aliphatic rings. The van der Waals surface area contributed by atoms with Crippen LogP contribution in [0.5, 0.6) is 0 Å². The Morgan fingerprint density at radius 1 is 0.673 bits per heavy atom. The number of anilines is 1. The van der Waals surface area contributed by atoms with Gasteiger partial charge in [0.1, 0.15) is 11.0 Å². The molecule has 6 rings (SSSR count). The van der Waals surface area contributed by atoms with E-state index in [0.717, 1.165) is 61.0 Å². The number of aryl methyl sites for hydroxylation is 2. The fourth-order valence-corrected chi connectivity index (χ4v) is 5.37. The summed E-state index contributed by atoms with van der Waals surface area (Å²) >= 11 is 6.12. The van der Waals surface area contributed by atoms with Crippen molar-refractivity contribution in [2.75, 3.05) is 18.4 Å². The Morgan fingerprint density at radius 2 is 1.14 bits per heavy atom. The van der Waals surface area contributed by atoms with E-state index in [-0.39, 0.29) is 36.0 Å².